The molecule has 1 aromatic heterocycles. The van der Waals surface area contributed by atoms with Gasteiger partial charge in [0.15, 0.2) is 0 Å². The average Bonchev–Trinajstić information content (AvgIpc) is 3.24. The van der Waals surface area contributed by atoms with Gasteiger partial charge in [0.1, 0.15) is 5.69 Å². The van der Waals surface area contributed by atoms with Gasteiger partial charge in [-0.25, -0.2) is 4.79 Å². The number of aromatic nitrogens is 2. The number of nitriles is 1. The number of aliphatic hydroxyl groups is 1. The molecular weight excluding hydrogens is 392 g/mol. The quantitative estimate of drug-likeness (QED) is 0.616. The maximum atomic E-state index is 12.5. The third-order valence-corrected chi connectivity index (χ3v) is 4.99. The van der Waals surface area contributed by atoms with Crippen LogP contribution in [0.5, 0.6) is 5.88 Å². The molecule has 8 heteroatoms. The van der Waals surface area contributed by atoms with Crippen molar-refractivity contribution >= 4 is 35.2 Å². The van der Waals surface area contributed by atoms with Gasteiger partial charge in [-0.2, -0.15) is 5.26 Å². The van der Waals surface area contributed by atoms with E-state index < -0.39 is 18.3 Å². The number of nitrogens with one attached hydrogen (secondary N) is 1. The molecule has 0 saturated heterocycles. The van der Waals surface area contributed by atoms with E-state index in [1.54, 1.807) is 48.7 Å². The molecule has 29 heavy (non-hydrogen) atoms. The number of allylic oxidation sites excluding steroid dienone is 1. The van der Waals surface area contributed by atoms with Gasteiger partial charge in [-0.15, -0.1) is 0 Å². The largest absolute Gasteiger partial charge is 0.493 e. The third kappa shape index (κ3) is 3.36. The van der Waals surface area contributed by atoms with Crippen molar-refractivity contribution < 1.29 is 10.2 Å². The minimum atomic E-state index is -0.804. The van der Waals surface area contributed by atoms with Gasteiger partial charge in [0.2, 0.25) is 5.88 Å². The highest BCUT2D eigenvalue weighted by Gasteiger charge is 2.22. The predicted molar refractivity (Wildman–Crippen MR) is 111 cm³/mol. The Morgan fingerprint density at radius 3 is 2.72 bits per heavy atom. The number of aliphatic imine (C=N–C) groups is 1. The molecular formula is C21H15ClN4O3. The molecule has 4 rings (SSSR count). The zero-order chi connectivity index (χ0) is 20.5. The molecule has 3 aromatic rings. The number of rotatable bonds is 4. The predicted octanol–water partition coefficient (Wildman–Crippen LogP) is 3.25. The lowest BCUT2D eigenvalue weighted by Gasteiger charge is -2.16. The highest BCUT2D eigenvalue weighted by atomic mass is 35.5. The van der Waals surface area contributed by atoms with Crippen LogP contribution < -0.4 is 5.69 Å². The van der Waals surface area contributed by atoms with Crippen molar-refractivity contribution in [2.45, 2.75) is 6.04 Å². The Bertz CT molecular complexity index is 1250. The summed E-state index contributed by atoms with van der Waals surface area (Å²) in [4.78, 5) is 19.4. The average molecular weight is 407 g/mol. The topological polar surface area (TPSA) is 114 Å². The number of hydrogen-bond acceptors (Lipinski definition) is 5. The van der Waals surface area contributed by atoms with E-state index in [0.29, 0.717) is 27.4 Å². The second kappa shape index (κ2) is 7.43. The van der Waals surface area contributed by atoms with Crippen molar-refractivity contribution in [2.24, 2.45) is 4.99 Å². The summed E-state index contributed by atoms with van der Waals surface area (Å²) >= 11 is 5.98. The van der Waals surface area contributed by atoms with Gasteiger partial charge in [0, 0.05) is 22.4 Å². The summed E-state index contributed by atoms with van der Waals surface area (Å²) in [5.74, 6) is -0.304. The number of halogens is 1. The zero-order valence-electron chi connectivity index (χ0n) is 15.0. The van der Waals surface area contributed by atoms with Gasteiger partial charge in [-0.3, -0.25) is 9.56 Å². The van der Waals surface area contributed by atoms with Crippen molar-refractivity contribution in [3.63, 3.8) is 0 Å². The number of H-pyrrole nitrogens is 1. The molecule has 0 aliphatic carbocycles. The van der Waals surface area contributed by atoms with Crippen molar-refractivity contribution in [3.8, 4) is 11.9 Å². The van der Waals surface area contributed by atoms with Gasteiger partial charge >= 0.3 is 5.69 Å². The molecule has 0 fully saturated rings. The standard InChI is InChI=1S/C21H15ClN4O3/c22-15-5-6-16-14(10-24-17(16)8-15)7-18-20(28)26(21(29)25-18)19(11-27)13-3-1-12(9-23)2-4-13/h1-8,10,19,27-28H,11H2,(H,25,29). The molecule has 0 radical (unpaired) electrons. The van der Waals surface area contributed by atoms with Crippen molar-refractivity contribution in [2.75, 3.05) is 6.61 Å². The minimum absolute atomic E-state index is 0.200. The third-order valence-electron chi connectivity index (χ3n) is 4.75. The summed E-state index contributed by atoms with van der Waals surface area (Å²) < 4.78 is 1.09. The van der Waals surface area contributed by atoms with E-state index in [1.807, 2.05) is 12.1 Å². The van der Waals surface area contributed by atoms with Crippen molar-refractivity contribution in [1.29, 1.82) is 5.26 Å². The molecule has 0 bridgehead atoms. The molecule has 2 heterocycles. The summed E-state index contributed by atoms with van der Waals surface area (Å²) in [5, 5.41) is 30.0. The fraction of sp³-hybridized carbons (Fsp3) is 0.0952. The highest BCUT2D eigenvalue weighted by molar-refractivity contribution is 6.31. The first-order chi connectivity index (χ1) is 14.0. The van der Waals surface area contributed by atoms with Gasteiger partial charge in [0.25, 0.3) is 0 Å². The Hall–Kier alpha value is -3.60. The molecule has 0 spiro atoms. The molecule has 7 nitrogen and oxygen atoms in total. The van der Waals surface area contributed by atoms with Crippen LogP contribution in [0.3, 0.4) is 0 Å². The molecule has 144 valence electrons. The van der Waals surface area contributed by atoms with Crippen molar-refractivity contribution in [3.05, 3.63) is 80.4 Å². The highest BCUT2D eigenvalue weighted by Crippen LogP contribution is 2.35. The molecule has 0 amide bonds. The lowest BCUT2D eigenvalue weighted by molar-refractivity contribution is 0.237. The Morgan fingerprint density at radius 2 is 2.03 bits per heavy atom. The van der Waals surface area contributed by atoms with Gasteiger partial charge in [-0.1, -0.05) is 29.8 Å². The van der Waals surface area contributed by atoms with E-state index >= 15 is 0 Å². The smallest absolute Gasteiger partial charge is 0.329 e. The van der Waals surface area contributed by atoms with E-state index in [2.05, 4.69) is 9.98 Å². The summed E-state index contributed by atoms with van der Waals surface area (Å²) in [6, 6.07) is 13.0. The number of aliphatic hydroxyl groups excluding tert-OH is 1. The Balaban J connectivity index is 1.75. The van der Waals surface area contributed by atoms with Crippen LogP contribution in [0.4, 0.5) is 5.69 Å². The summed E-state index contributed by atoms with van der Waals surface area (Å²) in [6.45, 7) is -0.407. The minimum Gasteiger partial charge on any atom is -0.493 e. The number of fused-ring (bicyclic) bond motifs is 1. The number of aromatic amines is 1. The van der Waals surface area contributed by atoms with Crippen LogP contribution in [-0.2, 0) is 0 Å². The van der Waals surface area contributed by atoms with Crippen LogP contribution >= 0.6 is 11.6 Å². The fourth-order valence-electron chi connectivity index (χ4n) is 3.30. The number of imidazole rings is 1. The van der Waals surface area contributed by atoms with E-state index in [1.165, 1.54) is 0 Å². The molecule has 1 atom stereocenters. The van der Waals surface area contributed by atoms with Crippen LogP contribution in [0.1, 0.15) is 28.4 Å². The molecule has 1 aliphatic rings. The van der Waals surface area contributed by atoms with Crippen LogP contribution in [0.2, 0.25) is 5.02 Å². The number of nitrogens with zero attached hydrogens (tertiary/aromatic N) is 3. The molecule has 1 aliphatic heterocycles. The van der Waals surface area contributed by atoms with E-state index in [0.717, 1.165) is 10.1 Å². The van der Waals surface area contributed by atoms with Crippen molar-refractivity contribution in [1.82, 2.24) is 9.55 Å². The van der Waals surface area contributed by atoms with E-state index in [9.17, 15) is 15.0 Å². The Labute approximate surface area is 170 Å². The lowest BCUT2D eigenvalue weighted by Crippen LogP contribution is -2.25. The molecule has 1 unspecified atom stereocenters. The second-order valence-corrected chi connectivity index (χ2v) is 6.93. The number of aromatic hydroxyl groups is 1. The first kappa shape index (κ1) is 18.7. The van der Waals surface area contributed by atoms with Crippen LogP contribution in [-0.4, -0.2) is 32.6 Å². The van der Waals surface area contributed by atoms with Gasteiger partial charge < -0.3 is 15.2 Å². The number of benzene rings is 2. The summed E-state index contributed by atoms with van der Waals surface area (Å²) in [7, 11) is 0. The fourth-order valence-corrected chi connectivity index (χ4v) is 3.46. The lowest BCUT2D eigenvalue weighted by atomic mass is 10.1. The summed E-state index contributed by atoms with van der Waals surface area (Å²) in [5.41, 5.74) is 2.92. The van der Waals surface area contributed by atoms with Gasteiger partial charge in [-0.05, 0) is 35.9 Å². The number of hydrogen-bond donors (Lipinski definition) is 3. The van der Waals surface area contributed by atoms with Gasteiger partial charge in [0.05, 0.1) is 30.0 Å². The molecule has 2 aromatic carbocycles. The maximum Gasteiger partial charge on any atom is 0.329 e. The van der Waals surface area contributed by atoms with Crippen LogP contribution in [0, 0.1) is 11.3 Å². The van der Waals surface area contributed by atoms with E-state index in [4.69, 9.17) is 16.9 Å². The Morgan fingerprint density at radius 1 is 1.28 bits per heavy atom. The van der Waals surface area contributed by atoms with E-state index in [-0.39, 0.29) is 11.6 Å². The van der Waals surface area contributed by atoms with Crippen LogP contribution in [0.25, 0.3) is 11.6 Å². The first-order valence-electron chi connectivity index (χ1n) is 8.72. The monoisotopic (exact) mass is 406 g/mol. The normalized spacial score (nSPS) is 14.7. The van der Waals surface area contributed by atoms with Crippen LogP contribution in [0.15, 0.2) is 52.3 Å². The SMILES string of the molecule is N#Cc1ccc(C(CO)n2c(O)c(C=C3C=Nc4cc(Cl)ccc43)[nH]c2=O)cc1. The second-order valence-electron chi connectivity index (χ2n) is 6.49. The molecule has 0 saturated carbocycles. The molecule has 3 N–H and O–H groups in total. The Kier molecular flexibility index (Phi) is 4.80. The first-order valence-corrected chi connectivity index (χ1v) is 9.09. The summed E-state index contributed by atoms with van der Waals surface area (Å²) in [6.07, 6.45) is 3.24. The maximum absolute atomic E-state index is 12.5. The zero-order valence-corrected chi connectivity index (χ0v) is 15.8.